The number of rotatable bonds is 4. The van der Waals surface area contributed by atoms with Crippen molar-refractivity contribution in [3.63, 3.8) is 0 Å². The van der Waals surface area contributed by atoms with Gasteiger partial charge in [-0.15, -0.1) is 0 Å². The maximum atomic E-state index is 13.1. The van der Waals surface area contributed by atoms with Crippen LogP contribution in [0.1, 0.15) is 17.0 Å². The number of carbonyl (C=O) groups is 3. The van der Waals surface area contributed by atoms with Crippen molar-refractivity contribution < 1.29 is 28.6 Å². The summed E-state index contributed by atoms with van der Waals surface area (Å²) in [5.41, 5.74) is 1.78. The van der Waals surface area contributed by atoms with Gasteiger partial charge in [-0.3, -0.25) is 9.59 Å². The Kier molecular flexibility index (Phi) is 4.64. The molecule has 0 radical (unpaired) electrons. The number of allylic oxidation sites excluding steroid dienone is 1. The summed E-state index contributed by atoms with van der Waals surface area (Å²) in [6, 6.07) is 12.3. The number of hydrogen-bond donors (Lipinski definition) is 1. The van der Waals surface area contributed by atoms with Crippen molar-refractivity contribution in [1.82, 2.24) is 4.98 Å². The Bertz CT molecular complexity index is 1170. The normalized spacial score (nSPS) is 18.2. The predicted molar refractivity (Wildman–Crippen MR) is 105 cm³/mol. The Balaban J connectivity index is 1.76. The van der Waals surface area contributed by atoms with Gasteiger partial charge in [-0.05, 0) is 35.4 Å². The van der Waals surface area contributed by atoms with Crippen LogP contribution in [0.5, 0.6) is 11.5 Å². The third-order valence-electron chi connectivity index (χ3n) is 4.81. The first-order chi connectivity index (χ1) is 14.0. The van der Waals surface area contributed by atoms with E-state index in [4.69, 9.17) is 14.2 Å². The molecule has 1 unspecified atom stereocenters. The van der Waals surface area contributed by atoms with E-state index < -0.39 is 23.5 Å². The molecule has 0 saturated carbocycles. The molecule has 2 aromatic carbocycles. The van der Waals surface area contributed by atoms with Crippen LogP contribution < -0.4 is 9.47 Å². The minimum Gasteiger partial charge on any atom is -0.493 e. The third kappa shape index (κ3) is 3.16. The van der Waals surface area contributed by atoms with Crippen LogP contribution in [0.15, 0.2) is 54.4 Å². The van der Waals surface area contributed by atoms with Crippen LogP contribution in [-0.4, -0.2) is 36.7 Å². The van der Waals surface area contributed by atoms with Crippen molar-refractivity contribution in [2.75, 3.05) is 14.2 Å². The van der Waals surface area contributed by atoms with Crippen molar-refractivity contribution in [1.29, 1.82) is 0 Å². The molecule has 7 nitrogen and oxygen atoms in total. The molecule has 4 rings (SSSR count). The molecular weight excluding hydrogens is 374 g/mol. The fraction of sp³-hybridized carbons (Fsp3) is 0.136. The number of benzene rings is 2. The number of aromatic nitrogens is 1. The number of cyclic esters (lactones) is 1. The van der Waals surface area contributed by atoms with Crippen molar-refractivity contribution in [3.05, 3.63) is 65.5 Å². The molecule has 7 heteroatoms. The maximum Gasteiger partial charge on any atom is 0.381 e. The van der Waals surface area contributed by atoms with Gasteiger partial charge in [0.1, 0.15) is 5.92 Å². The van der Waals surface area contributed by atoms with Crippen LogP contribution in [0.25, 0.3) is 17.0 Å². The molecule has 3 aromatic rings. The van der Waals surface area contributed by atoms with Crippen molar-refractivity contribution in [2.24, 2.45) is 0 Å². The summed E-state index contributed by atoms with van der Waals surface area (Å²) in [5, 5.41) is 0.708. The van der Waals surface area contributed by atoms with E-state index in [2.05, 4.69) is 4.98 Å². The first-order valence-corrected chi connectivity index (χ1v) is 8.83. The molecule has 1 aliphatic rings. The van der Waals surface area contributed by atoms with Crippen molar-refractivity contribution in [3.8, 4) is 11.5 Å². The van der Waals surface area contributed by atoms with Crippen LogP contribution >= 0.6 is 0 Å². The number of esters is 1. The standard InChI is InChI=1S/C22H17NO6/c1-27-16-8-7-12(9-17(16)28-2)10-18-20(24)19(21(25)22(26)29-18)14-11-23-15-6-4-3-5-13(14)15/h3-11,19,23H,1-2H3. The molecule has 0 bridgehead atoms. The number of ketones is 2. The number of hydrogen-bond acceptors (Lipinski definition) is 6. The lowest BCUT2D eigenvalue weighted by Crippen LogP contribution is -2.37. The average molecular weight is 391 g/mol. The predicted octanol–water partition coefficient (Wildman–Crippen LogP) is 3.00. The Morgan fingerprint density at radius 3 is 2.48 bits per heavy atom. The zero-order chi connectivity index (χ0) is 20.5. The van der Waals surface area contributed by atoms with Gasteiger partial charge in [0.05, 0.1) is 14.2 Å². The van der Waals surface area contributed by atoms with Gasteiger partial charge in [0, 0.05) is 17.1 Å². The molecule has 1 aromatic heterocycles. The number of H-pyrrole nitrogens is 1. The minimum absolute atomic E-state index is 0.197. The van der Waals surface area contributed by atoms with Gasteiger partial charge in [-0.25, -0.2) is 4.79 Å². The van der Waals surface area contributed by atoms with Gasteiger partial charge in [-0.1, -0.05) is 24.3 Å². The van der Waals surface area contributed by atoms with Crippen LogP contribution in [0.3, 0.4) is 0 Å². The monoisotopic (exact) mass is 391 g/mol. The van der Waals surface area contributed by atoms with E-state index in [1.54, 1.807) is 36.5 Å². The molecular formula is C22H17NO6. The molecule has 146 valence electrons. The Hall–Kier alpha value is -3.87. The zero-order valence-electron chi connectivity index (χ0n) is 15.7. The lowest BCUT2D eigenvalue weighted by molar-refractivity contribution is -0.157. The van der Waals surface area contributed by atoms with Crippen LogP contribution in [0.2, 0.25) is 0 Å². The van der Waals surface area contributed by atoms with E-state index in [-0.39, 0.29) is 5.76 Å². The lowest BCUT2D eigenvalue weighted by atomic mass is 9.87. The topological polar surface area (TPSA) is 94.7 Å². The molecule has 1 fully saturated rings. The average Bonchev–Trinajstić information content (AvgIpc) is 3.16. The Labute approximate surface area is 165 Å². The molecule has 0 amide bonds. The second kappa shape index (κ2) is 7.27. The van der Waals surface area contributed by atoms with Gasteiger partial charge >= 0.3 is 5.97 Å². The second-order valence-corrected chi connectivity index (χ2v) is 6.46. The molecule has 29 heavy (non-hydrogen) atoms. The fourth-order valence-corrected chi connectivity index (χ4v) is 3.39. The summed E-state index contributed by atoms with van der Waals surface area (Å²) in [6.07, 6.45) is 2.99. The van der Waals surface area contributed by atoms with E-state index >= 15 is 0 Å². The van der Waals surface area contributed by atoms with E-state index in [9.17, 15) is 14.4 Å². The number of nitrogens with one attached hydrogen (secondary N) is 1. The number of carbonyl (C=O) groups excluding carboxylic acids is 3. The second-order valence-electron chi connectivity index (χ2n) is 6.46. The van der Waals surface area contributed by atoms with Crippen molar-refractivity contribution >= 4 is 34.5 Å². The third-order valence-corrected chi connectivity index (χ3v) is 4.81. The Morgan fingerprint density at radius 2 is 1.72 bits per heavy atom. The highest BCUT2D eigenvalue weighted by Gasteiger charge is 2.43. The molecule has 1 saturated heterocycles. The molecule has 1 aliphatic heterocycles. The molecule has 1 atom stereocenters. The summed E-state index contributed by atoms with van der Waals surface area (Å²) in [6.45, 7) is 0. The fourth-order valence-electron chi connectivity index (χ4n) is 3.39. The van der Waals surface area contributed by atoms with Crippen LogP contribution in [0, 0.1) is 0 Å². The number of fused-ring (bicyclic) bond motifs is 1. The minimum atomic E-state index is -1.25. The SMILES string of the molecule is COc1ccc(C=C2OC(=O)C(=O)C(c3c[nH]c4ccccc34)C2=O)cc1OC. The summed E-state index contributed by atoms with van der Waals surface area (Å²) >= 11 is 0. The van der Waals surface area contributed by atoms with Gasteiger partial charge in [0.25, 0.3) is 5.78 Å². The van der Waals surface area contributed by atoms with Gasteiger partial charge < -0.3 is 19.2 Å². The maximum absolute atomic E-state index is 13.1. The summed E-state index contributed by atoms with van der Waals surface area (Å²) in [5.74, 6) is -2.99. The van der Waals surface area contributed by atoms with E-state index in [0.717, 1.165) is 5.52 Å². The van der Waals surface area contributed by atoms with E-state index in [1.165, 1.54) is 20.3 Å². The van der Waals surface area contributed by atoms with E-state index in [1.807, 2.05) is 12.1 Å². The molecule has 0 aliphatic carbocycles. The molecule has 0 spiro atoms. The quantitative estimate of drug-likeness (QED) is 0.318. The van der Waals surface area contributed by atoms with Crippen molar-refractivity contribution in [2.45, 2.75) is 5.92 Å². The smallest absolute Gasteiger partial charge is 0.381 e. The van der Waals surface area contributed by atoms with Gasteiger partial charge in [0.2, 0.25) is 5.78 Å². The highest BCUT2D eigenvalue weighted by Crippen LogP contribution is 2.34. The highest BCUT2D eigenvalue weighted by atomic mass is 16.5. The number of Topliss-reactive ketones (excluding diaryl/α,β-unsaturated/α-hetero) is 2. The van der Waals surface area contributed by atoms with E-state index in [0.29, 0.717) is 28.0 Å². The molecule has 2 heterocycles. The Morgan fingerprint density at radius 1 is 0.966 bits per heavy atom. The summed E-state index contributed by atoms with van der Waals surface area (Å²) in [4.78, 5) is 40.8. The van der Waals surface area contributed by atoms with Gasteiger partial charge in [0.15, 0.2) is 17.3 Å². The molecule has 1 N–H and O–H groups in total. The number of aromatic amines is 1. The number of ether oxygens (including phenoxy) is 3. The lowest BCUT2D eigenvalue weighted by Gasteiger charge is -2.20. The number of methoxy groups -OCH3 is 2. The van der Waals surface area contributed by atoms with Gasteiger partial charge in [-0.2, -0.15) is 0 Å². The first-order valence-electron chi connectivity index (χ1n) is 8.83. The number of para-hydroxylation sites is 1. The summed E-state index contributed by atoms with van der Waals surface area (Å²) < 4.78 is 15.5. The first kappa shape index (κ1) is 18.5. The highest BCUT2D eigenvalue weighted by molar-refractivity contribution is 6.45. The largest absolute Gasteiger partial charge is 0.493 e. The van der Waals surface area contributed by atoms with Crippen LogP contribution in [0.4, 0.5) is 0 Å². The zero-order valence-corrected chi connectivity index (χ0v) is 15.7. The summed E-state index contributed by atoms with van der Waals surface area (Å²) in [7, 11) is 3.01. The van der Waals surface area contributed by atoms with Crippen LogP contribution in [-0.2, 0) is 19.1 Å².